The maximum atomic E-state index is 11.5. The van der Waals surface area contributed by atoms with Crippen LogP contribution < -0.4 is 4.74 Å². The van der Waals surface area contributed by atoms with E-state index in [9.17, 15) is 9.90 Å². The standard InChI is InChI=1S/C18H20O3/c1-12-5-4-7-14(11-12)21-17-15-8-3-2-6-13(15)9-10-16(17)18(19)20/h2-3,6,8-10,12,14H,4-5,7,11H2,1H3,(H,19,20). The van der Waals surface area contributed by atoms with Gasteiger partial charge in [-0.15, -0.1) is 0 Å². The first kappa shape index (κ1) is 13.9. The van der Waals surface area contributed by atoms with Gasteiger partial charge in [-0.25, -0.2) is 4.79 Å². The highest BCUT2D eigenvalue weighted by Gasteiger charge is 2.23. The van der Waals surface area contributed by atoms with E-state index in [1.54, 1.807) is 6.07 Å². The maximum absolute atomic E-state index is 11.5. The van der Waals surface area contributed by atoms with Gasteiger partial charge in [-0.05, 0) is 36.6 Å². The minimum Gasteiger partial charge on any atom is -0.489 e. The van der Waals surface area contributed by atoms with Gasteiger partial charge in [-0.2, -0.15) is 0 Å². The van der Waals surface area contributed by atoms with Gasteiger partial charge in [0.25, 0.3) is 0 Å². The van der Waals surface area contributed by atoms with Gasteiger partial charge in [0.05, 0.1) is 6.10 Å². The summed E-state index contributed by atoms with van der Waals surface area (Å²) >= 11 is 0. The lowest BCUT2D eigenvalue weighted by molar-refractivity contribution is 0.0684. The lowest BCUT2D eigenvalue weighted by atomic mass is 9.88. The zero-order valence-corrected chi connectivity index (χ0v) is 12.2. The summed E-state index contributed by atoms with van der Waals surface area (Å²) in [6.45, 7) is 2.23. The van der Waals surface area contributed by atoms with Gasteiger partial charge in [0.1, 0.15) is 11.3 Å². The van der Waals surface area contributed by atoms with E-state index in [1.807, 2.05) is 30.3 Å². The Bertz CT molecular complexity index is 663. The van der Waals surface area contributed by atoms with Crippen molar-refractivity contribution in [3.63, 3.8) is 0 Å². The van der Waals surface area contributed by atoms with Crippen LogP contribution in [-0.4, -0.2) is 17.2 Å². The maximum Gasteiger partial charge on any atom is 0.339 e. The van der Waals surface area contributed by atoms with Crippen LogP contribution in [0.25, 0.3) is 10.8 Å². The van der Waals surface area contributed by atoms with Crippen molar-refractivity contribution in [1.29, 1.82) is 0 Å². The van der Waals surface area contributed by atoms with Crippen molar-refractivity contribution < 1.29 is 14.6 Å². The van der Waals surface area contributed by atoms with Crippen LogP contribution in [0.3, 0.4) is 0 Å². The highest BCUT2D eigenvalue weighted by Crippen LogP contribution is 2.34. The predicted octanol–water partition coefficient (Wildman–Crippen LogP) is 4.50. The van der Waals surface area contributed by atoms with Crippen LogP contribution in [0.15, 0.2) is 36.4 Å². The highest BCUT2D eigenvalue weighted by molar-refractivity contribution is 6.00. The van der Waals surface area contributed by atoms with Crippen molar-refractivity contribution in [3.8, 4) is 5.75 Å². The van der Waals surface area contributed by atoms with Crippen molar-refractivity contribution in [2.75, 3.05) is 0 Å². The fraction of sp³-hybridized carbons (Fsp3) is 0.389. The summed E-state index contributed by atoms with van der Waals surface area (Å²) in [6.07, 6.45) is 4.52. The zero-order valence-electron chi connectivity index (χ0n) is 12.2. The molecular weight excluding hydrogens is 264 g/mol. The summed E-state index contributed by atoms with van der Waals surface area (Å²) in [5, 5.41) is 11.3. The number of hydrogen-bond donors (Lipinski definition) is 1. The minimum absolute atomic E-state index is 0.123. The largest absolute Gasteiger partial charge is 0.489 e. The molecule has 0 heterocycles. The number of carbonyl (C=O) groups is 1. The van der Waals surface area contributed by atoms with Gasteiger partial charge < -0.3 is 9.84 Å². The number of fused-ring (bicyclic) bond motifs is 1. The molecule has 0 aromatic heterocycles. The summed E-state index contributed by atoms with van der Waals surface area (Å²) < 4.78 is 6.15. The third-order valence-corrected chi connectivity index (χ3v) is 4.28. The third kappa shape index (κ3) is 2.87. The molecule has 0 bridgehead atoms. The Balaban J connectivity index is 2.01. The molecule has 1 aliphatic carbocycles. The van der Waals surface area contributed by atoms with Crippen LogP contribution >= 0.6 is 0 Å². The molecule has 0 spiro atoms. The monoisotopic (exact) mass is 284 g/mol. The molecule has 1 N–H and O–H groups in total. The molecule has 21 heavy (non-hydrogen) atoms. The molecule has 0 aliphatic heterocycles. The Labute approximate surface area is 124 Å². The molecule has 0 radical (unpaired) electrons. The molecular formula is C18H20O3. The number of carboxylic acids is 1. The molecule has 3 nitrogen and oxygen atoms in total. The molecule has 1 aliphatic rings. The molecule has 2 aromatic rings. The van der Waals surface area contributed by atoms with E-state index < -0.39 is 5.97 Å². The van der Waals surface area contributed by atoms with E-state index >= 15 is 0 Å². The average Bonchev–Trinajstić information content (AvgIpc) is 2.47. The van der Waals surface area contributed by atoms with E-state index in [0.717, 1.165) is 30.0 Å². The highest BCUT2D eigenvalue weighted by atomic mass is 16.5. The van der Waals surface area contributed by atoms with Crippen molar-refractivity contribution in [3.05, 3.63) is 42.0 Å². The summed E-state index contributed by atoms with van der Waals surface area (Å²) in [5.41, 5.74) is 0.256. The number of ether oxygens (including phenoxy) is 1. The van der Waals surface area contributed by atoms with E-state index in [1.165, 1.54) is 6.42 Å². The van der Waals surface area contributed by atoms with Crippen LogP contribution in [0.4, 0.5) is 0 Å². The third-order valence-electron chi connectivity index (χ3n) is 4.28. The molecule has 1 saturated carbocycles. The molecule has 2 atom stereocenters. The number of benzene rings is 2. The SMILES string of the molecule is CC1CCCC(Oc2c(C(=O)O)ccc3ccccc23)C1. The first-order chi connectivity index (χ1) is 10.1. The smallest absolute Gasteiger partial charge is 0.339 e. The molecule has 110 valence electrons. The Morgan fingerprint density at radius 1 is 1.19 bits per heavy atom. The van der Waals surface area contributed by atoms with Gasteiger partial charge in [-0.3, -0.25) is 0 Å². The first-order valence-corrected chi connectivity index (χ1v) is 7.57. The van der Waals surface area contributed by atoms with Crippen LogP contribution in [0.5, 0.6) is 5.75 Å². The minimum atomic E-state index is -0.931. The summed E-state index contributed by atoms with van der Waals surface area (Å²) in [5.74, 6) is 0.242. The van der Waals surface area contributed by atoms with Crippen molar-refractivity contribution in [1.82, 2.24) is 0 Å². The fourth-order valence-electron chi connectivity index (χ4n) is 3.19. The molecule has 2 unspecified atom stereocenters. The fourth-order valence-corrected chi connectivity index (χ4v) is 3.19. The lowest BCUT2D eigenvalue weighted by Crippen LogP contribution is -2.25. The summed E-state index contributed by atoms with van der Waals surface area (Å²) in [7, 11) is 0. The van der Waals surface area contributed by atoms with E-state index in [0.29, 0.717) is 11.7 Å². The van der Waals surface area contributed by atoms with Gasteiger partial charge in [0.15, 0.2) is 0 Å². The Hall–Kier alpha value is -2.03. The number of rotatable bonds is 3. The zero-order chi connectivity index (χ0) is 14.8. The topological polar surface area (TPSA) is 46.5 Å². The second-order valence-electron chi connectivity index (χ2n) is 5.98. The quantitative estimate of drug-likeness (QED) is 0.903. The van der Waals surface area contributed by atoms with Gasteiger partial charge in [-0.1, -0.05) is 43.7 Å². The number of hydrogen-bond acceptors (Lipinski definition) is 2. The van der Waals surface area contributed by atoms with E-state index in [4.69, 9.17) is 4.74 Å². The molecule has 0 saturated heterocycles. The molecule has 3 rings (SSSR count). The van der Waals surface area contributed by atoms with Crippen LogP contribution in [-0.2, 0) is 0 Å². The Kier molecular flexibility index (Phi) is 3.82. The van der Waals surface area contributed by atoms with Gasteiger partial charge >= 0.3 is 5.97 Å². The van der Waals surface area contributed by atoms with Gasteiger partial charge in [0, 0.05) is 5.39 Å². The van der Waals surface area contributed by atoms with Crippen LogP contribution in [0.2, 0.25) is 0 Å². The Morgan fingerprint density at radius 2 is 2.00 bits per heavy atom. The lowest BCUT2D eigenvalue weighted by Gasteiger charge is -2.28. The molecule has 2 aromatic carbocycles. The second-order valence-corrected chi connectivity index (χ2v) is 5.98. The average molecular weight is 284 g/mol. The number of aromatic carboxylic acids is 1. The number of carboxylic acid groups (broad SMARTS) is 1. The van der Waals surface area contributed by atoms with Crippen molar-refractivity contribution >= 4 is 16.7 Å². The molecule has 1 fully saturated rings. The van der Waals surface area contributed by atoms with Crippen LogP contribution in [0.1, 0.15) is 43.0 Å². The first-order valence-electron chi connectivity index (χ1n) is 7.57. The molecule has 0 amide bonds. The summed E-state index contributed by atoms with van der Waals surface area (Å²) in [4.78, 5) is 11.5. The normalized spacial score (nSPS) is 22.1. The Morgan fingerprint density at radius 3 is 2.76 bits per heavy atom. The van der Waals surface area contributed by atoms with Crippen molar-refractivity contribution in [2.45, 2.75) is 38.7 Å². The predicted molar refractivity (Wildman–Crippen MR) is 83.0 cm³/mol. The van der Waals surface area contributed by atoms with Crippen LogP contribution in [0, 0.1) is 5.92 Å². The van der Waals surface area contributed by atoms with Crippen molar-refractivity contribution in [2.24, 2.45) is 5.92 Å². The summed E-state index contributed by atoms with van der Waals surface area (Å²) in [6, 6.07) is 11.3. The van der Waals surface area contributed by atoms with E-state index in [-0.39, 0.29) is 11.7 Å². The van der Waals surface area contributed by atoms with Gasteiger partial charge in [0.2, 0.25) is 0 Å². The second kappa shape index (κ2) is 5.76. The van der Waals surface area contributed by atoms with E-state index in [2.05, 4.69) is 6.92 Å². The molecule has 3 heteroatoms.